The number of hydrogen-bond acceptors (Lipinski definition) is 4. The molecule has 0 aliphatic rings. The second-order valence-electron chi connectivity index (χ2n) is 6.97. The standard InChI is InChI=1S/C23H18N2O4/c1-3-24-15-11-7-5-9-13(15)20-17(22(24)27)19(26)18-21(29-20)14-10-6-8-12-16(14)25(4-2)23(18)28/h5-12H,3-4H2,1-2H3. The number of para-hydroxylation sites is 2. The van der Waals surface area contributed by atoms with Gasteiger partial charge in [0.15, 0.2) is 11.2 Å². The lowest BCUT2D eigenvalue weighted by Crippen LogP contribution is -2.29. The number of nitrogens with zero attached hydrogens (tertiary/aromatic N) is 2. The third kappa shape index (κ3) is 2.20. The van der Waals surface area contributed by atoms with Gasteiger partial charge in [-0.15, -0.1) is 0 Å². The highest BCUT2D eigenvalue weighted by Gasteiger charge is 2.21. The van der Waals surface area contributed by atoms with Gasteiger partial charge in [0.1, 0.15) is 10.8 Å². The summed E-state index contributed by atoms with van der Waals surface area (Å²) in [4.78, 5) is 39.8. The van der Waals surface area contributed by atoms with Gasteiger partial charge in [0.25, 0.3) is 11.1 Å². The van der Waals surface area contributed by atoms with Crippen molar-refractivity contribution in [2.75, 3.05) is 0 Å². The van der Waals surface area contributed by atoms with Gasteiger partial charge in [0, 0.05) is 23.9 Å². The van der Waals surface area contributed by atoms with E-state index in [1.807, 2.05) is 62.4 Å². The predicted octanol–water partition coefficient (Wildman–Crippen LogP) is 3.62. The molecule has 144 valence electrons. The summed E-state index contributed by atoms with van der Waals surface area (Å²) in [7, 11) is 0. The molecular formula is C23H18N2O4. The number of aromatic nitrogens is 2. The summed E-state index contributed by atoms with van der Waals surface area (Å²) in [5.74, 6) is 0. The van der Waals surface area contributed by atoms with Crippen molar-refractivity contribution in [1.29, 1.82) is 0 Å². The number of hydrogen-bond donors (Lipinski definition) is 0. The molecule has 5 rings (SSSR count). The van der Waals surface area contributed by atoms with E-state index in [4.69, 9.17) is 4.42 Å². The van der Waals surface area contributed by atoms with Crippen molar-refractivity contribution in [2.45, 2.75) is 26.9 Å². The molecule has 6 heteroatoms. The van der Waals surface area contributed by atoms with Crippen molar-refractivity contribution in [3.8, 4) is 0 Å². The van der Waals surface area contributed by atoms with Crippen molar-refractivity contribution in [1.82, 2.24) is 9.13 Å². The molecule has 3 aromatic heterocycles. The topological polar surface area (TPSA) is 74.2 Å². The molecule has 0 N–H and O–H groups in total. The molecule has 29 heavy (non-hydrogen) atoms. The molecule has 3 heterocycles. The maximum atomic E-state index is 13.5. The van der Waals surface area contributed by atoms with Crippen LogP contribution in [0.5, 0.6) is 0 Å². The van der Waals surface area contributed by atoms with E-state index >= 15 is 0 Å². The summed E-state index contributed by atoms with van der Waals surface area (Å²) >= 11 is 0. The van der Waals surface area contributed by atoms with Gasteiger partial charge in [-0.3, -0.25) is 14.4 Å². The van der Waals surface area contributed by atoms with E-state index in [1.54, 1.807) is 9.13 Å². The average molecular weight is 386 g/mol. The highest BCUT2D eigenvalue weighted by Crippen LogP contribution is 2.27. The lowest BCUT2D eigenvalue weighted by atomic mass is 10.1. The normalized spacial score (nSPS) is 11.8. The Balaban J connectivity index is 2.20. The number of pyridine rings is 2. The van der Waals surface area contributed by atoms with Crippen LogP contribution in [-0.2, 0) is 13.1 Å². The maximum Gasteiger partial charge on any atom is 0.266 e. The number of fused-ring (bicyclic) bond motifs is 6. The highest BCUT2D eigenvalue weighted by atomic mass is 16.3. The zero-order valence-corrected chi connectivity index (χ0v) is 16.1. The van der Waals surface area contributed by atoms with Crippen LogP contribution in [0.25, 0.3) is 43.7 Å². The van der Waals surface area contributed by atoms with Crippen molar-refractivity contribution in [3.05, 3.63) is 79.5 Å². The first-order valence-corrected chi connectivity index (χ1v) is 9.62. The predicted molar refractivity (Wildman–Crippen MR) is 115 cm³/mol. The van der Waals surface area contributed by atoms with Crippen LogP contribution in [0.4, 0.5) is 0 Å². The third-order valence-corrected chi connectivity index (χ3v) is 5.54. The van der Waals surface area contributed by atoms with Crippen LogP contribution in [0.1, 0.15) is 13.8 Å². The Morgan fingerprint density at radius 2 is 1.10 bits per heavy atom. The van der Waals surface area contributed by atoms with Crippen LogP contribution < -0.4 is 16.5 Å². The highest BCUT2D eigenvalue weighted by molar-refractivity contribution is 6.09. The van der Waals surface area contributed by atoms with E-state index in [-0.39, 0.29) is 21.9 Å². The number of aryl methyl sites for hydroxylation is 2. The molecule has 0 fully saturated rings. The Hall–Kier alpha value is -3.67. The van der Waals surface area contributed by atoms with E-state index in [0.29, 0.717) is 34.9 Å². The lowest BCUT2D eigenvalue weighted by Gasteiger charge is -2.13. The second-order valence-corrected chi connectivity index (χ2v) is 6.97. The van der Waals surface area contributed by atoms with Crippen LogP contribution in [0.2, 0.25) is 0 Å². The largest absolute Gasteiger partial charge is 0.454 e. The minimum Gasteiger partial charge on any atom is -0.454 e. The van der Waals surface area contributed by atoms with E-state index in [2.05, 4.69) is 0 Å². The van der Waals surface area contributed by atoms with Crippen LogP contribution in [0.15, 0.2) is 67.3 Å². The summed E-state index contributed by atoms with van der Waals surface area (Å²) in [5, 5.41) is 1.19. The summed E-state index contributed by atoms with van der Waals surface area (Å²) in [5.41, 5.74) is 0.401. The van der Waals surface area contributed by atoms with Crippen LogP contribution in [0, 0.1) is 0 Å². The molecule has 0 saturated carbocycles. The number of benzene rings is 2. The zero-order valence-electron chi connectivity index (χ0n) is 16.1. The summed E-state index contributed by atoms with van der Waals surface area (Å²) in [6.45, 7) is 4.51. The molecule has 0 radical (unpaired) electrons. The fourth-order valence-corrected chi connectivity index (χ4v) is 4.22. The molecule has 0 saturated heterocycles. The Labute approximate surface area is 164 Å². The van der Waals surface area contributed by atoms with Crippen LogP contribution in [-0.4, -0.2) is 9.13 Å². The van der Waals surface area contributed by atoms with Gasteiger partial charge in [-0.2, -0.15) is 0 Å². The molecule has 0 spiro atoms. The molecule has 0 unspecified atom stereocenters. The minimum atomic E-state index is -0.572. The maximum absolute atomic E-state index is 13.5. The lowest BCUT2D eigenvalue weighted by molar-refractivity contribution is 0.659. The van der Waals surface area contributed by atoms with E-state index in [0.717, 1.165) is 0 Å². The second kappa shape index (κ2) is 6.17. The first-order chi connectivity index (χ1) is 14.1. The van der Waals surface area contributed by atoms with Gasteiger partial charge in [-0.1, -0.05) is 24.3 Å². The average Bonchev–Trinajstić information content (AvgIpc) is 2.74. The molecule has 6 nitrogen and oxygen atoms in total. The molecule has 0 amide bonds. The summed E-state index contributed by atoms with van der Waals surface area (Å²) in [6, 6.07) is 14.7. The van der Waals surface area contributed by atoms with Gasteiger partial charge in [-0.05, 0) is 38.1 Å². The molecule has 0 aliphatic carbocycles. The van der Waals surface area contributed by atoms with E-state index in [1.165, 1.54) is 0 Å². The van der Waals surface area contributed by atoms with Crippen LogP contribution in [0.3, 0.4) is 0 Å². The van der Waals surface area contributed by atoms with Crippen molar-refractivity contribution in [3.63, 3.8) is 0 Å². The monoisotopic (exact) mass is 386 g/mol. The van der Waals surface area contributed by atoms with E-state index < -0.39 is 16.5 Å². The summed E-state index contributed by atoms with van der Waals surface area (Å²) < 4.78 is 9.27. The number of rotatable bonds is 2. The molecule has 5 aromatic rings. The van der Waals surface area contributed by atoms with E-state index in [9.17, 15) is 14.4 Å². The SMILES string of the molecule is CCn1c(=O)c2c(=O)c3c(=O)n(CC)c4ccccc4c3oc2c2ccccc21. The fraction of sp³-hybridized carbons (Fsp3) is 0.174. The van der Waals surface area contributed by atoms with Gasteiger partial charge in [0.2, 0.25) is 5.43 Å². The third-order valence-electron chi connectivity index (χ3n) is 5.54. The minimum absolute atomic E-state index is 0.0758. The Kier molecular flexibility index (Phi) is 3.71. The van der Waals surface area contributed by atoms with Crippen molar-refractivity contribution >= 4 is 43.7 Å². The van der Waals surface area contributed by atoms with Crippen LogP contribution >= 0.6 is 0 Å². The quantitative estimate of drug-likeness (QED) is 0.343. The first kappa shape index (κ1) is 17.4. The molecule has 0 atom stereocenters. The molecule has 0 bridgehead atoms. The van der Waals surface area contributed by atoms with Crippen molar-refractivity contribution < 1.29 is 4.42 Å². The Morgan fingerprint density at radius 3 is 1.52 bits per heavy atom. The molecular weight excluding hydrogens is 368 g/mol. The Morgan fingerprint density at radius 1 is 0.690 bits per heavy atom. The summed E-state index contributed by atoms with van der Waals surface area (Å²) in [6.07, 6.45) is 0. The molecule has 2 aromatic carbocycles. The fourth-order valence-electron chi connectivity index (χ4n) is 4.22. The first-order valence-electron chi connectivity index (χ1n) is 9.62. The zero-order chi connectivity index (χ0) is 20.3. The smallest absolute Gasteiger partial charge is 0.266 e. The van der Waals surface area contributed by atoms with Gasteiger partial charge in [0.05, 0.1) is 11.0 Å². The Bertz CT molecular complexity index is 1520. The van der Waals surface area contributed by atoms with Crippen molar-refractivity contribution in [2.24, 2.45) is 0 Å². The van der Waals surface area contributed by atoms with Gasteiger partial charge < -0.3 is 13.6 Å². The molecule has 0 aliphatic heterocycles. The van der Waals surface area contributed by atoms with Gasteiger partial charge >= 0.3 is 0 Å². The van der Waals surface area contributed by atoms with Gasteiger partial charge in [-0.25, -0.2) is 0 Å².